The van der Waals surface area contributed by atoms with E-state index in [2.05, 4.69) is 35.1 Å². The minimum Gasteiger partial charge on any atom is -0.354 e. The quantitative estimate of drug-likeness (QED) is 0.842. The molecule has 0 N–H and O–H groups in total. The molecular weight excluding hydrogens is 236 g/mol. The molecule has 2 heterocycles. The maximum absolute atomic E-state index is 8.90. The minimum atomic E-state index is 0.616. The summed E-state index contributed by atoms with van der Waals surface area (Å²) in [5.74, 6) is 0.778. The van der Waals surface area contributed by atoms with Crippen LogP contribution in [0.1, 0.15) is 22.5 Å². The van der Waals surface area contributed by atoms with Gasteiger partial charge in [-0.3, -0.25) is 4.98 Å². The van der Waals surface area contributed by atoms with E-state index in [0.717, 1.165) is 17.2 Å². The van der Waals surface area contributed by atoms with Crippen molar-refractivity contribution in [2.45, 2.75) is 20.4 Å². The lowest BCUT2D eigenvalue weighted by Crippen LogP contribution is -2.18. The Hall–Kier alpha value is -2.41. The molecule has 0 fully saturated rings. The zero-order valence-corrected chi connectivity index (χ0v) is 11.4. The Morgan fingerprint density at radius 1 is 1.26 bits per heavy atom. The predicted octanol–water partition coefficient (Wildman–Crippen LogP) is 2.60. The molecule has 2 aromatic heterocycles. The Bertz CT molecular complexity index is 608. The molecule has 0 spiro atoms. The number of pyridine rings is 2. The van der Waals surface area contributed by atoms with Crippen LogP contribution in [0.5, 0.6) is 0 Å². The number of hydrogen-bond donors (Lipinski definition) is 0. The second kappa shape index (κ2) is 5.49. The van der Waals surface area contributed by atoms with E-state index in [1.807, 2.05) is 18.9 Å². The van der Waals surface area contributed by atoms with Gasteiger partial charge in [-0.1, -0.05) is 0 Å². The van der Waals surface area contributed by atoms with Gasteiger partial charge in [0.05, 0.1) is 23.9 Å². The molecule has 2 rings (SSSR count). The number of aryl methyl sites for hydroxylation is 2. The smallest absolute Gasteiger partial charge is 0.129 e. The Morgan fingerprint density at radius 2 is 2.05 bits per heavy atom. The van der Waals surface area contributed by atoms with Crippen LogP contribution in [0.15, 0.2) is 30.5 Å². The summed E-state index contributed by atoms with van der Waals surface area (Å²) in [6.07, 6.45) is 1.65. The van der Waals surface area contributed by atoms with Crippen LogP contribution in [-0.2, 0) is 6.54 Å². The first-order chi connectivity index (χ1) is 9.08. The average Bonchev–Trinajstić information content (AvgIpc) is 2.37. The van der Waals surface area contributed by atoms with Crippen molar-refractivity contribution in [3.05, 3.63) is 53.0 Å². The second-order valence-electron chi connectivity index (χ2n) is 4.65. The molecule has 0 bridgehead atoms. The summed E-state index contributed by atoms with van der Waals surface area (Å²) in [7, 11) is 1.95. The van der Waals surface area contributed by atoms with E-state index in [0.29, 0.717) is 12.1 Å². The summed E-state index contributed by atoms with van der Waals surface area (Å²) in [5.41, 5.74) is 3.84. The third-order valence-corrected chi connectivity index (χ3v) is 2.82. The minimum absolute atomic E-state index is 0.616. The van der Waals surface area contributed by atoms with E-state index in [9.17, 15) is 0 Å². The van der Waals surface area contributed by atoms with Gasteiger partial charge in [-0.05, 0) is 43.7 Å². The topological polar surface area (TPSA) is 52.8 Å². The summed E-state index contributed by atoms with van der Waals surface area (Å²) in [6, 6.07) is 9.72. The van der Waals surface area contributed by atoms with Crippen molar-refractivity contribution < 1.29 is 0 Å². The van der Waals surface area contributed by atoms with Crippen molar-refractivity contribution in [2.75, 3.05) is 11.9 Å². The first kappa shape index (κ1) is 13.0. The normalized spacial score (nSPS) is 10.0. The molecule has 4 heteroatoms. The zero-order valence-electron chi connectivity index (χ0n) is 11.4. The maximum atomic E-state index is 8.90. The molecule has 0 unspecified atom stereocenters. The lowest BCUT2D eigenvalue weighted by atomic mass is 10.2. The molecule has 0 saturated carbocycles. The van der Waals surface area contributed by atoms with Gasteiger partial charge in [0.2, 0.25) is 0 Å². The SMILES string of the molecule is Cc1cc(C)nc(CN(C)c2cc(C#N)ccn2)c1. The Kier molecular flexibility index (Phi) is 3.76. The van der Waals surface area contributed by atoms with E-state index in [1.54, 1.807) is 18.3 Å². The Labute approximate surface area is 113 Å². The maximum Gasteiger partial charge on any atom is 0.129 e. The largest absolute Gasteiger partial charge is 0.354 e. The Balaban J connectivity index is 2.20. The van der Waals surface area contributed by atoms with E-state index < -0.39 is 0 Å². The third-order valence-electron chi connectivity index (χ3n) is 2.82. The number of nitrogens with zero attached hydrogens (tertiary/aromatic N) is 4. The lowest BCUT2D eigenvalue weighted by molar-refractivity contribution is 0.856. The fourth-order valence-corrected chi connectivity index (χ4v) is 2.03. The number of nitriles is 1. The van der Waals surface area contributed by atoms with Crippen molar-refractivity contribution in [2.24, 2.45) is 0 Å². The molecule has 96 valence electrons. The molecule has 0 aliphatic carbocycles. The standard InChI is InChI=1S/C15H16N4/c1-11-6-12(2)18-14(7-11)10-19(3)15-8-13(9-16)4-5-17-15/h4-8H,10H2,1-3H3. The summed E-state index contributed by atoms with van der Waals surface area (Å²) in [4.78, 5) is 10.8. The van der Waals surface area contributed by atoms with Crippen LogP contribution in [0.2, 0.25) is 0 Å². The fraction of sp³-hybridized carbons (Fsp3) is 0.267. The first-order valence-electron chi connectivity index (χ1n) is 6.10. The molecular formula is C15H16N4. The molecule has 19 heavy (non-hydrogen) atoms. The van der Waals surface area contributed by atoms with Crippen molar-refractivity contribution in [1.82, 2.24) is 9.97 Å². The van der Waals surface area contributed by atoms with E-state index in [1.165, 1.54) is 5.56 Å². The molecule has 4 nitrogen and oxygen atoms in total. The van der Waals surface area contributed by atoms with Crippen LogP contribution in [0.3, 0.4) is 0 Å². The van der Waals surface area contributed by atoms with E-state index in [-0.39, 0.29) is 0 Å². The number of anilines is 1. The van der Waals surface area contributed by atoms with Crippen LogP contribution < -0.4 is 4.90 Å². The summed E-state index contributed by atoms with van der Waals surface area (Å²) in [5, 5.41) is 8.90. The molecule has 0 atom stereocenters. The molecule has 0 aliphatic rings. The van der Waals surface area contributed by atoms with Crippen LogP contribution in [0.25, 0.3) is 0 Å². The molecule has 0 aliphatic heterocycles. The summed E-state index contributed by atoms with van der Waals surface area (Å²) >= 11 is 0. The molecule has 0 amide bonds. The third kappa shape index (κ3) is 3.29. The van der Waals surface area contributed by atoms with Gasteiger partial charge in [0.25, 0.3) is 0 Å². The highest BCUT2D eigenvalue weighted by molar-refractivity contribution is 5.44. The number of rotatable bonds is 3. The van der Waals surface area contributed by atoms with Crippen LogP contribution >= 0.6 is 0 Å². The highest BCUT2D eigenvalue weighted by atomic mass is 15.2. The summed E-state index contributed by atoms with van der Waals surface area (Å²) in [6.45, 7) is 4.72. The average molecular weight is 252 g/mol. The first-order valence-corrected chi connectivity index (χ1v) is 6.10. The monoisotopic (exact) mass is 252 g/mol. The van der Waals surface area contributed by atoms with Gasteiger partial charge in [0.1, 0.15) is 5.82 Å². The lowest BCUT2D eigenvalue weighted by Gasteiger charge is -2.18. The van der Waals surface area contributed by atoms with Crippen LogP contribution in [0.4, 0.5) is 5.82 Å². The van der Waals surface area contributed by atoms with Crippen molar-refractivity contribution >= 4 is 5.82 Å². The van der Waals surface area contributed by atoms with E-state index >= 15 is 0 Å². The van der Waals surface area contributed by atoms with Crippen molar-refractivity contribution in [3.63, 3.8) is 0 Å². The van der Waals surface area contributed by atoms with Gasteiger partial charge < -0.3 is 4.90 Å². The zero-order chi connectivity index (χ0) is 13.8. The van der Waals surface area contributed by atoms with Gasteiger partial charge in [-0.25, -0.2) is 4.98 Å². The van der Waals surface area contributed by atoms with Gasteiger partial charge in [0, 0.05) is 18.9 Å². The second-order valence-corrected chi connectivity index (χ2v) is 4.65. The predicted molar refractivity (Wildman–Crippen MR) is 74.8 cm³/mol. The number of hydrogen-bond acceptors (Lipinski definition) is 4. The highest BCUT2D eigenvalue weighted by Gasteiger charge is 2.06. The van der Waals surface area contributed by atoms with E-state index in [4.69, 9.17) is 5.26 Å². The fourth-order valence-electron chi connectivity index (χ4n) is 2.03. The van der Waals surface area contributed by atoms with Gasteiger partial charge in [-0.15, -0.1) is 0 Å². The molecule has 0 saturated heterocycles. The molecule has 2 aromatic rings. The summed E-state index contributed by atoms with van der Waals surface area (Å²) < 4.78 is 0. The van der Waals surface area contributed by atoms with Gasteiger partial charge >= 0.3 is 0 Å². The highest BCUT2D eigenvalue weighted by Crippen LogP contribution is 2.14. The molecule has 0 radical (unpaired) electrons. The van der Waals surface area contributed by atoms with Crippen LogP contribution in [-0.4, -0.2) is 17.0 Å². The molecule has 0 aromatic carbocycles. The van der Waals surface area contributed by atoms with Crippen molar-refractivity contribution in [1.29, 1.82) is 5.26 Å². The van der Waals surface area contributed by atoms with Gasteiger partial charge in [-0.2, -0.15) is 5.26 Å². The van der Waals surface area contributed by atoms with Crippen LogP contribution in [0, 0.1) is 25.2 Å². The Morgan fingerprint density at radius 3 is 2.74 bits per heavy atom. The van der Waals surface area contributed by atoms with Crippen molar-refractivity contribution in [3.8, 4) is 6.07 Å². The van der Waals surface area contributed by atoms with Gasteiger partial charge in [0.15, 0.2) is 0 Å². The number of aromatic nitrogens is 2.